The van der Waals surface area contributed by atoms with E-state index in [0.29, 0.717) is 34.5 Å². The van der Waals surface area contributed by atoms with Crippen LogP contribution in [0.25, 0.3) is 6.08 Å². The Bertz CT molecular complexity index is 1240. The summed E-state index contributed by atoms with van der Waals surface area (Å²) in [4.78, 5) is 51.5. The zero-order chi connectivity index (χ0) is 26.4. The standard InChI is InChI=1S/C26H28ClN3O6/c1-5-35-26(34)22-16(4)30(14-15(2)3)25(33)21(22)12-19-9-10-20(36-19)13-28-23(31)24(32)29-18-8-6-7-17(27)11-18/h6-12,15H,5,13-14H2,1-4H3,(H,28,31)(H,29,32)/b21-12-. The maximum atomic E-state index is 13.1. The summed E-state index contributed by atoms with van der Waals surface area (Å²) >= 11 is 5.88. The highest BCUT2D eigenvalue weighted by atomic mass is 35.5. The molecule has 190 valence electrons. The molecule has 2 N–H and O–H groups in total. The Balaban J connectivity index is 1.71. The molecule has 0 spiro atoms. The number of carbonyl (C=O) groups is 4. The lowest BCUT2D eigenvalue weighted by atomic mass is 10.1. The minimum absolute atomic E-state index is 0.0575. The van der Waals surface area contributed by atoms with Crippen molar-refractivity contribution in [2.45, 2.75) is 34.2 Å². The van der Waals surface area contributed by atoms with Crippen LogP contribution >= 0.6 is 11.6 Å². The van der Waals surface area contributed by atoms with Crippen LogP contribution in [0.2, 0.25) is 5.02 Å². The molecule has 1 aromatic heterocycles. The van der Waals surface area contributed by atoms with E-state index in [1.165, 1.54) is 12.1 Å². The van der Waals surface area contributed by atoms with Crippen LogP contribution in [0.4, 0.5) is 5.69 Å². The zero-order valence-corrected chi connectivity index (χ0v) is 21.3. The lowest BCUT2D eigenvalue weighted by Crippen LogP contribution is -2.34. The third kappa shape index (κ3) is 6.42. The van der Waals surface area contributed by atoms with Gasteiger partial charge in [0.25, 0.3) is 5.91 Å². The normalized spacial score (nSPS) is 14.6. The summed E-state index contributed by atoms with van der Waals surface area (Å²) in [5.74, 6) is -1.74. The van der Waals surface area contributed by atoms with Crippen molar-refractivity contribution in [3.63, 3.8) is 0 Å². The maximum absolute atomic E-state index is 13.1. The highest BCUT2D eigenvalue weighted by Crippen LogP contribution is 2.32. The smallest absolute Gasteiger partial charge is 0.340 e. The van der Waals surface area contributed by atoms with Crippen LogP contribution in [0.15, 0.2) is 57.7 Å². The Hall–Kier alpha value is -3.85. The molecule has 0 unspecified atom stereocenters. The van der Waals surface area contributed by atoms with E-state index in [1.807, 2.05) is 13.8 Å². The number of rotatable bonds is 8. The van der Waals surface area contributed by atoms with Gasteiger partial charge in [0, 0.05) is 23.0 Å². The van der Waals surface area contributed by atoms with Crippen LogP contribution < -0.4 is 10.6 Å². The number of anilines is 1. The van der Waals surface area contributed by atoms with E-state index in [4.69, 9.17) is 20.8 Å². The third-order valence-electron chi connectivity index (χ3n) is 5.22. The molecule has 3 amide bonds. The summed E-state index contributed by atoms with van der Waals surface area (Å²) in [7, 11) is 0. The number of amides is 3. The van der Waals surface area contributed by atoms with Crippen LogP contribution in [0, 0.1) is 5.92 Å². The van der Waals surface area contributed by atoms with Crippen LogP contribution in [0.1, 0.15) is 39.2 Å². The number of allylic oxidation sites excluding steroid dienone is 1. The second-order valence-corrected chi connectivity index (χ2v) is 8.94. The number of nitrogens with zero attached hydrogens (tertiary/aromatic N) is 1. The molecule has 36 heavy (non-hydrogen) atoms. The van der Waals surface area contributed by atoms with Gasteiger partial charge in [-0.2, -0.15) is 0 Å². The number of nitrogens with one attached hydrogen (secondary N) is 2. The average molecular weight is 514 g/mol. The van der Waals surface area contributed by atoms with Gasteiger partial charge in [0.1, 0.15) is 11.5 Å². The molecule has 1 aliphatic heterocycles. The van der Waals surface area contributed by atoms with Crippen molar-refractivity contribution in [2.75, 3.05) is 18.5 Å². The van der Waals surface area contributed by atoms with Crippen LogP contribution in [0.5, 0.6) is 0 Å². The molecule has 0 aliphatic carbocycles. The van der Waals surface area contributed by atoms with Crippen molar-refractivity contribution in [3.05, 3.63) is 69.8 Å². The first-order valence-electron chi connectivity index (χ1n) is 11.5. The van der Waals surface area contributed by atoms with Gasteiger partial charge in [-0.25, -0.2) is 4.79 Å². The van der Waals surface area contributed by atoms with Gasteiger partial charge in [-0.05, 0) is 56.2 Å². The molecule has 1 aromatic carbocycles. The molecule has 0 saturated carbocycles. The Labute approximate surface area is 214 Å². The van der Waals surface area contributed by atoms with Crippen LogP contribution in [-0.2, 0) is 30.5 Å². The molecule has 0 fully saturated rings. The molecule has 0 saturated heterocycles. The Kier molecular flexibility index (Phi) is 8.71. The molecule has 9 nitrogen and oxygen atoms in total. The monoisotopic (exact) mass is 513 g/mol. The summed E-state index contributed by atoms with van der Waals surface area (Å²) in [5.41, 5.74) is 1.30. The Morgan fingerprint density at radius 2 is 1.92 bits per heavy atom. The highest BCUT2D eigenvalue weighted by molar-refractivity contribution is 6.39. The molecule has 0 radical (unpaired) electrons. The topological polar surface area (TPSA) is 118 Å². The van der Waals surface area contributed by atoms with Gasteiger partial charge in [0.05, 0.1) is 24.3 Å². The fourth-order valence-corrected chi connectivity index (χ4v) is 3.82. The molecular weight excluding hydrogens is 486 g/mol. The molecule has 2 aromatic rings. The summed E-state index contributed by atoms with van der Waals surface area (Å²) in [5, 5.41) is 5.36. The molecular formula is C26H28ClN3O6. The van der Waals surface area contributed by atoms with E-state index >= 15 is 0 Å². The largest absolute Gasteiger partial charge is 0.462 e. The van der Waals surface area contributed by atoms with E-state index in [-0.39, 0.29) is 36.1 Å². The fraction of sp³-hybridized carbons (Fsp3) is 0.308. The van der Waals surface area contributed by atoms with Crippen molar-refractivity contribution >= 4 is 47.1 Å². The van der Waals surface area contributed by atoms with Crippen molar-refractivity contribution < 1.29 is 28.3 Å². The summed E-state index contributed by atoms with van der Waals surface area (Å²) in [6.45, 7) is 7.95. The lowest BCUT2D eigenvalue weighted by molar-refractivity contribution is -0.138. The maximum Gasteiger partial charge on any atom is 0.340 e. The van der Waals surface area contributed by atoms with Crippen LogP contribution in [0.3, 0.4) is 0 Å². The number of furan rings is 1. The number of ether oxygens (including phenoxy) is 1. The van der Waals surface area contributed by atoms with Crippen LogP contribution in [-0.4, -0.2) is 41.7 Å². The van der Waals surface area contributed by atoms with Gasteiger partial charge < -0.3 is 24.7 Å². The van der Waals surface area contributed by atoms with Gasteiger partial charge in [0.15, 0.2) is 0 Å². The van der Waals surface area contributed by atoms with Crippen molar-refractivity contribution in [2.24, 2.45) is 5.92 Å². The molecule has 0 atom stereocenters. The quantitative estimate of drug-likeness (QED) is 0.314. The molecule has 1 aliphatic rings. The molecule has 0 bridgehead atoms. The summed E-state index contributed by atoms with van der Waals surface area (Å²) in [6.07, 6.45) is 1.48. The van der Waals surface area contributed by atoms with E-state index in [9.17, 15) is 19.2 Å². The second kappa shape index (κ2) is 11.7. The Morgan fingerprint density at radius 3 is 2.58 bits per heavy atom. The first-order chi connectivity index (χ1) is 17.1. The van der Waals surface area contributed by atoms with E-state index in [2.05, 4.69) is 10.6 Å². The van der Waals surface area contributed by atoms with E-state index < -0.39 is 17.8 Å². The highest BCUT2D eigenvalue weighted by Gasteiger charge is 2.37. The number of hydrogen-bond donors (Lipinski definition) is 2. The first-order valence-corrected chi connectivity index (χ1v) is 11.8. The number of esters is 1. The number of carbonyl (C=O) groups excluding carboxylic acids is 4. The van der Waals surface area contributed by atoms with Gasteiger partial charge in [0.2, 0.25) is 0 Å². The van der Waals surface area contributed by atoms with Crippen molar-refractivity contribution in [1.82, 2.24) is 10.2 Å². The van der Waals surface area contributed by atoms with Crippen molar-refractivity contribution in [3.8, 4) is 0 Å². The minimum Gasteiger partial charge on any atom is -0.462 e. The zero-order valence-electron chi connectivity index (χ0n) is 20.5. The minimum atomic E-state index is -0.857. The molecule has 3 rings (SSSR count). The second-order valence-electron chi connectivity index (χ2n) is 8.50. The summed E-state index contributed by atoms with van der Waals surface area (Å²) < 4.78 is 10.9. The van der Waals surface area contributed by atoms with E-state index in [0.717, 1.165) is 0 Å². The fourth-order valence-electron chi connectivity index (χ4n) is 3.63. The van der Waals surface area contributed by atoms with Gasteiger partial charge in [-0.15, -0.1) is 0 Å². The van der Waals surface area contributed by atoms with E-state index in [1.54, 1.807) is 49.1 Å². The predicted molar refractivity (Wildman–Crippen MR) is 134 cm³/mol. The van der Waals surface area contributed by atoms with Crippen molar-refractivity contribution in [1.29, 1.82) is 0 Å². The van der Waals surface area contributed by atoms with Gasteiger partial charge in [-0.1, -0.05) is 31.5 Å². The Morgan fingerprint density at radius 1 is 1.17 bits per heavy atom. The van der Waals surface area contributed by atoms with Gasteiger partial charge in [-0.3, -0.25) is 14.4 Å². The SMILES string of the molecule is CCOC(=O)C1=C(C)N(CC(C)C)C(=O)/C1=C\c1ccc(CNC(=O)C(=O)Nc2cccc(Cl)c2)o1. The molecule has 2 heterocycles. The third-order valence-corrected chi connectivity index (χ3v) is 5.45. The summed E-state index contributed by atoms with van der Waals surface area (Å²) in [6, 6.07) is 9.64. The average Bonchev–Trinajstić information content (AvgIpc) is 3.35. The molecule has 10 heteroatoms. The first kappa shape index (κ1) is 26.7. The predicted octanol–water partition coefficient (Wildman–Crippen LogP) is 3.91. The number of halogens is 1. The number of benzene rings is 1. The number of hydrogen-bond acceptors (Lipinski definition) is 6. The van der Waals surface area contributed by atoms with Gasteiger partial charge >= 0.3 is 17.8 Å². The lowest BCUT2D eigenvalue weighted by Gasteiger charge is -2.19.